The molecule has 4 nitrogen and oxygen atoms in total. The number of rotatable bonds is 8. The van der Waals surface area contributed by atoms with Crippen LogP contribution in [0.2, 0.25) is 0 Å². The van der Waals surface area contributed by atoms with Gasteiger partial charge in [-0.1, -0.05) is 55.3 Å². The highest BCUT2D eigenvalue weighted by Crippen LogP contribution is 2.55. The van der Waals surface area contributed by atoms with E-state index in [1.165, 1.54) is 0 Å². The third kappa shape index (κ3) is 6.06. The van der Waals surface area contributed by atoms with E-state index in [2.05, 4.69) is 9.47 Å². The lowest BCUT2D eigenvalue weighted by Gasteiger charge is -2.38. The van der Waals surface area contributed by atoms with Crippen molar-refractivity contribution in [2.24, 2.45) is 0 Å². The zero-order valence-electron chi connectivity index (χ0n) is 21.8. The van der Waals surface area contributed by atoms with Crippen LogP contribution in [0.1, 0.15) is 42.4 Å². The largest absolute Gasteiger partial charge is 0.573 e. The second-order valence-electron chi connectivity index (χ2n) is 9.86. The lowest BCUT2D eigenvalue weighted by atomic mass is 9.88. The number of alkyl halides is 9. The Bertz CT molecular complexity index is 1510. The van der Waals surface area contributed by atoms with Crippen molar-refractivity contribution in [3.63, 3.8) is 0 Å². The van der Waals surface area contributed by atoms with Crippen LogP contribution in [0, 0.1) is 5.82 Å². The Labute approximate surface area is 239 Å². The van der Waals surface area contributed by atoms with Crippen LogP contribution in [0.25, 0.3) is 0 Å². The molecule has 0 N–H and O–H groups in total. The predicted octanol–water partition coefficient (Wildman–Crippen LogP) is 8.50. The molecule has 0 amide bonds. The molecule has 3 aromatic carbocycles. The molecule has 1 fully saturated rings. The van der Waals surface area contributed by atoms with Gasteiger partial charge >= 0.3 is 18.7 Å². The van der Waals surface area contributed by atoms with Gasteiger partial charge in [0.2, 0.25) is 0 Å². The van der Waals surface area contributed by atoms with Gasteiger partial charge in [-0.2, -0.15) is 26.3 Å². The number of hydrogen-bond donors (Lipinski definition) is 0. The zero-order chi connectivity index (χ0) is 31.9. The maximum absolute atomic E-state index is 14.4. The molecule has 15 heteroatoms. The van der Waals surface area contributed by atoms with Crippen molar-refractivity contribution in [2.45, 2.75) is 66.2 Å². The highest BCUT2D eigenvalue weighted by atomic mass is 32.2. The minimum atomic E-state index is -6.17. The fraction of sp³-hybridized carbons (Fsp3) is 0.357. The summed E-state index contributed by atoms with van der Waals surface area (Å²) in [6.45, 7) is -1.59. The van der Waals surface area contributed by atoms with Gasteiger partial charge in [0.05, 0.1) is 11.5 Å². The van der Waals surface area contributed by atoms with Crippen molar-refractivity contribution >= 4 is 9.84 Å². The van der Waals surface area contributed by atoms with E-state index in [1.54, 1.807) is 0 Å². The lowest BCUT2D eigenvalue weighted by molar-refractivity contribution is -0.392. The third-order valence-electron chi connectivity index (χ3n) is 7.31. The maximum Gasteiger partial charge on any atom is 0.573 e. The minimum absolute atomic E-state index is 0.00221. The van der Waals surface area contributed by atoms with E-state index in [0.29, 0.717) is 31.0 Å². The summed E-state index contributed by atoms with van der Waals surface area (Å²) in [6, 6.07) is 10.0. The standard InChI is InChI=1S/C28H22F10O4S/c29-21-11-13-22(14-12-21)43(39,40)24(15-3-4-16-24)19-7-9-20(10-8-19)25(26(30,31)32,27(33,34)35)41-17-18-5-1-2-6-23(18)42-28(36,37)38/h1-2,5-14H,3-4,15-17H2. The second kappa shape index (κ2) is 11.3. The number of hydrogen-bond acceptors (Lipinski definition) is 4. The van der Waals surface area contributed by atoms with Crippen LogP contribution in [-0.2, 0) is 31.5 Å². The van der Waals surface area contributed by atoms with E-state index in [4.69, 9.17) is 0 Å². The molecule has 1 saturated carbocycles. The Morgan fingerprint density at radius 1 is 0.721 bits per heavy atom. The lowest BCUT2D eigenvalue weighted by Crippen LogP contribution is -2.55. The molecule has 0 heterocycles. The van der Waals surface area contributed by atoms with Crippen LogP contribution < -0.4 is 4.74 Å². The predicted molar refractivity (Wildman–Crippen MR) is 132 cm³/mol. The number of ether oxygens (including phenoxy) is 2. The van der Waals surface area contributed by atoms with Crippen LogP contribution in [0.5, 0.6) is 5.75 Å². The summed E-state index contributed by atoms with van der Waals surface area (Å²) < 4.78 is 172. The van der Waals surface area contributed by atoms with Gasteiger partial charge in [0.25, 0.3) is 5.60 Å². The fourth-order valence-corrected chi connectivity index (χ4v) is 7.49. The Morgan fingerprint density at radius 2 is 1.26 bits per heavy atom. The molecular formula is C28H22F10O4S. The van der Waals surface area contributed by atoms with Gasteiger partial charge in [-0.15, -0.1) is 13.2 Å². The molecule has 0 atom stereocenters. The summed E-state index contributed by atoms with van der Waals surface area (Å²) in [5.74, 6) is -1.77. The fourth-order valence-electron chi connectivity index (χ4n) is 5.28. The Kier molecular flexibility index (Phi) is 8.57. The van der Waals surface area contributed by atoms with Crippen molar-refractivity contribution in [3.05, 3.63) is 95.3 Å². The van der Waals surface area contributed by atoms with Crippen molar-refractivity contribution < 1.29 is 61.8 Å². The molecule has 0 aliphatic heterocycles. The summed E-state index contributed by atoms with van der Waals surface area (Å²) in [5.41, 5.74) is -7.31. The molecule has 0 saturated heterocycles. The SMILES string of the molecule is O=S(=O)(c1ccc(F)cc1)C1(c2ccc(C(OCc3ccccc3OC(F)(F)F)(C(F)(F)F)C(F)(F)F)cc2)CCCC1. The number of benzene rings is 3. The zero-order valence-corrected chi connectivity index (χ0v) is 22.6. The molecule has 0 spiro atoms. The average molecular weight is 645 g/mol. The van der Waals surface area contributed by atoms with E-state index in [0.717, 1.165) is 54.6 Å². The molecule has 4 rings (SSSR count). The Hall–Kier alpha value is -3.33. The normalized spacial score (nSPS) is 16.3. The summed E-state index contributed by atoms with van der Waals surface area (Å²) in [6.07, 6.45) is -16.8. The molecule has 43 heavy (non-hydrogen) atoms. The first-order valence-electron chi connectivity index (χ1n) is 12.6. The molecule has 0 bridgehead atoms. The van der Waals surface area contributed by atoms with E-state index >= 15 is 0 Å². The van der Waals surface area contributed by atoms with Crippen LogP contribution in [0.15, 0.2) is 77.7 Å². The molecule has 3 aromatic rings. The maximum atomic E-state index is 14.4. The average Bonchev–Trinajstić information content (AvgIpc) is 3.40. The van der Waals surface area contributed by atoms with Crippen molar-refractivity contribution in [2.75, 3.05) is 0 Å². The molecule has 0 aromatic heterocycles. The quantitative estimate of drug-likeness (QED) is 0.182. The first-order chi connectivity index (χ1) is 19.8. The van der Waals surface area contributed by atoms with E-state index in [9.17, 15) is 52.3 Å². The van der Waals surface area contributed by atoms with Crippen LogP contribution in [-0.4, -0.2) is 27.1 Å². The van der Waals surface area contributed by atoms with Crippen LogP contribution in [0.4, 0.5) is 43.9 Å². The number of para-hydroxylation sites is 1. The van der Waals surface area contributed by atoms with Crippen molar-refractivity contribution in [1.29, 1.82) is 0 Å². The monoisotopic (exact) mass is 644 g/mol. The topological polar surface area (TPSA) is 52.6 Å². The summed E-state index contributed by atoms with van der Waals surface area (Å²) >= 11 is 0. The van der Waals surface area contributed by atoms with Gasteiger partial charge < -0.3 is 9.47 Å². The van der Waals surface area contributed by atoms with Crippen LogP contribution >= 0.6 is 0 Å². The van der Waals surface area contributed by atoms with Gasteiger partial charge in [-0.3, -0.25) is 0 Å². The second-order valence-corrected chi connectivity index (χ2v) is 12.1. The van der Waals surface area contributed by atoms with Gasteiger partial charge in [-0.25, -0.2) is 12.8 Å². The van der Waals surface area contributed by atoms with E-state index < -0.39 is 68.2 Å². The highest BCUT2D eigenvalue weighted by Gasteiger charge is 2.73. The third-order valence-corrected chi connectivity index (χ3v) is 9.87. The Balaban J connectivity index is 1.78. The van der Waals surface area contributed by atoms with Gasteiger partial charge in [0.1, 0.15) is 16.3 Å². The number of halogens is 10. The van der Waals surface area contributed by atoms with Gasteiger partial charge in [0, 0.05) is 11.1 Å². The molecule has 0 unspecified atom stereocenters. The van der Waals surface area contributed by atoms with Gasteiger partial charge in [0.15, 0.2) is 9.84 Å². The number of sulfone groups is 1. The van der Waals surface area contributed by atoms with Crippen molar-refractivity contribution in [3.8, 4) is 5.75 Å². The summed E-state index contributed by atoms with van der Waals surface area (Å²) in [4.78, 5) is -0.275. The van der Waals surface area contributed by atoms with E-state index in [1.807, 2.05) is 0 Å². The minimum Gasteiger partial charge on any atom is -0.405 e. The van der Waals surface area contributed by atoms with Gasteiger partial charge in [-0.05, 0) is 48.7 Å². The summed E-state index contributed by atoms with van der Waals surface area (Å²) in [5, 5.41) is 0. The molecule has 1 aliphatic rings. The molecule has 0 radical (unpaired) electrons. The Morgan fingerprint density at radius 3 is 1.77 bits per heavy atom. The molecule has 1 aliphatic carbocycles. The van der Waals surface area contributed by atoms with Crippen molar-refractivity contribution in [1.82, 2.24) is 0 Å². The summed E-state index contributed by atoms with van der Waals surface area (Å²) in [7, 11) is -4.29. The molecular weight excluding hydrogens is 622 g/mol. The first-order valence-corrected chi connectivity index (χ1v) is 14.0. The smallest absolute Gasteiger partial charge is 0.405 e. The first kappa shape index (κ1) is 32.6. The molecule has 234 valence electrons. The van der Waals surface area contributed by atoms with E-state index in [-0.39, 0.29) is 23.3 Å². The highest BCUT2D eigenvalue weighted by molar-refractivity contribution is 7.92. The van der Waals surface area contributed by atoms with Crippen LogP contribution in [0.3, 0.4) is 0 Å².